The minimum atomic E-state index is -0.661. The second kappa shape index (κ2) is 7.44. The summed E-state index contributed by atoms with van der Waals surface area (Å²) in [7, 11) is 0. The molecule has 2 fully saturated rings. The predicted molar refractivity (Wildman–Crippen MR) is 96.5 cm³/mol. The number of hydrogen-bond donors (Lipinski definition) is 2. The molecular formula is C21H23F2NO3. The zero-order valence-electron chi connectivity index (χ0n) is 14.9. The molecule has 27 heavy (non-hydrogen) atoms. The van der Waals surface area contributed by atoms with Crippen molar-refractivity contribution < 1.29 is 23.7 Å². The minimum Gasteiger partial charge on any atom is -0.508 e. The van der Waals surface area contributed by atoms with Crippen LogP contribution < -0.4 is 4.74 Å². The van der Waals surface area contributed by atoms with E-state index in [4.69, 9.17) is 4.74 Å². The molecule has 144 valence electrons. The number of hydrogen-bond acceptors (Lipinski definition) is 4. The van der Waals surface area contributed by atoms with Crippen molar-refractivity contribution in [3.63, 3.8) is 0 Å². The molecule has 0 amide bonds. The Balaban J connectivity index is 1.29. The fraction of sp³-hybridized carbons (Fsp3) is 0.429. The second-order valence-electron chi connectivity index (χ2n) is 7.63. The molecule has 0 radical (unpaired) electrons. The number of phenols is 1. The number of nitrogens with zero attached hydrogens (tertiary/aromatic N) is 1. The number of ether oxygens (including phenoxy) is 1. The Morgan fingerprint density at radius 1 is 1.04 bits per heavy atom. The van der Waals surface area contributed by atoms with Crippen molar-refractivity contribution in [2.24, 2.45) is 11.8 Å². The third-order valence-electron chi connectivity index (χ3n) is 5.68. The number of aliphatic hydroxyl groups excluding tert-OH is 1. The third kappa shape index (κ3) is 4.06. The molecule has 2 aliphatic rings. The van der Waals surface area contributed by atoms with Gasteiger partial charge in [-0.1, -0.05) is 12.1 Å². The van der Waals surface area contributed by atoms with E-state index in [0.717, 1.165) is 37.6 Å². The van der Waals surface area contributed by atoms with Crippen LogP contribution in [0.2, 0.25) is 0 Å². The van der Waals surface area contributed by atoms with Gasteiger partial charge < -0.3 is 14.9 Å². The van der Waals surface area contributed by atoms with E-state index in [1.165, 1.54) is 12.1 Å². The van der Waals surface area contributed by atoms with E-state index < -0.39 is 17.7 Å². The van der Waals surface area contributed by atoms with Crippen molar-refractivity contribution in [2.75, 3.05) is 19.6 Å². The van der Waals surface area contributed by atoms with E-state index in [9.17, 15) is 19.0 Å². The number of benzene rings is 2. The van der Waals surface area contributed by atoms with Crippen molar-refractivity contribution in [2.45, 2.75) is 25.0 Å². The molecule has 2 N–H and O–H groups in total. The van der Waals surface area contributed by atoms with Crippen LogP contribution in [0, 0.1) is 23.5 Å². The molecule has 2 aromatic rings. The van der Waals surface area contributed by atoms with Gasteiger partial charge in [-0.3, -0.25) is 4.90 Å². The second-order valence-corrected chi connectivity index (χ2v) is 7.63. The number of phenolic OH excluding ortho intramolecular Hbond substituents is 1. The molecule has 1 heterocycles. The van der Waals surface area contributed by atoms with Crippen LogP contribution in [-0.2, 0) is 0 Å². The third-order valence-corrected chi connectivity index (χ3v) is 5.68. The zero-order valence-corrected chi connectivity index (χ0v) is 14.9. The van der Waals surface area contributed by atoms with Gasteiger partial charge in [-0.25, -0.2) is 8.78 Å². The number of halogens is 2. The van der Waals surface area contributed by atoms with E-state index >= 15 is 0 Å². The maximum absolute atomic E-state index is 13.8. The van der Waals surface area contributed by atoms with E-state index in [-0.39, 0.29) is 17.6 Å². The van der Waals surface area contributed by atoms with Crippen LogP contribution in [0.4, 0.5) is 8.78 Å². The van der Waals surface area contributed by atoms with Gasteiger partial charge in [0.2, 0.25) is 0 Å². The number of fused-ring (bicyclic) bond motifs is 1. The van der Waals surface area contributed by atoms with Gasteiger partial charge in [0.05, 0.1) is 12.2 Å². The molecule has 1 saturated heterocycles. The Hall–Kier alpha value is -2.18. The maximum atomic E-state index is 13.8. The highest BCUT2D eigenvalue weighted by Crippen LogP contribution is 2.40. The highest BCUT2D eigenvalue weighted by molar-refractivity contribution is 5.27. The average molecular weight is 375 g/mol. The Morgan fingerprint density at radius 3 is 2.33 bits per heavy atom. The lowest BCUT2D eigenvalue weighted by Gasteiger charge is -2.22. The van der Waals surface area contributed by atoms with Crippen LogP contribution in [0.15, 0.2) is 42.5 Å². The first-order valence-corrected chi connectivity index (χ1v) is 9.29. The molecule has 4 atom stereocenters. The summed E-state index contributed by atoms with van der Waals surface area (Å²) in [5.74, 6) is -0.0426. The number of aliphatic hydroxyl groups is 1. The van der Waals surface area contributed by atoms with E-state index in [2.05, 4.69) is 4.90 Å². The van der Waals surface area contributed by atoms with Gasteiger partial charge in [0.1, 0.15) is 11.6 Å². The number of aromatic hydroxyl groups is 1. The Kier molecular flexibility index (Phi) is 5.02. The molecule has 4 nitrogen and oxygen atoms in total. The molecule has 1 aliphatic carbocycles. The Labute approximate surface area is 157 Å². The summed E-state index contributed by atoms with van der Waals surface area (Å²) in [5, 5.41) is 19.8. The van der Waals surface area contributed by atoms with Crippen molar-refractivity contribution in [3.05, 3.63) is 59.7 Å². The molecule has 1 aliphatic heterocycles. The molecule has 0 aromatic heterocycles. The average Bonchev–Trinajstić information content (AvgIpc) is 3.15. The standard InChI is InChI=1S/C21H23F2NO3/c22-16-3-6-21(19(23)9-16)27-18-7-14-10-24(11-15(14)8-18)12-20(26)13-1-4-17(25)5-2-13/h1-6,9,14-15,18,20,25-26H,7-8,10-12H2/t14-,15+,18?,20-/m0/s1. The van der Waals surface area contributed by atoms with Gasteiger partial charge in [-0.15, -0.1) is 0 Å². The lowest BCUT2D eigenvalue weighted by molar-refractivity contribution is 0.115. The summed E-state index contributed by atoms with van der Waals surface area (Å²) in [6.45, 7) is 2.31. The fourth-order valence-corrected chi connectivity index (χ4v) is 4.38. The summed E-state index contributed by atoms with van der Waals surface area (Å²) >= 11 is 0. The van der Waals surface area contributed by atoms with Crippen LogP contribution >= 0.6 is 0 Å². The van der Waals surface area contributed by atoms with Gasteiger partial charge in [0.15, 0.2) is 11.6 Å². The molecular weight excluding hydrogens is 352 g/mol. The molecule has 0 spiro atoms. The molecule has 2 aromatic carbocycles. The SMILES string of the molecule is Oc1ccc([C@@H](O)CN2C[C@H]3CC(Oc4ccc(F)cc4F)C[C@H]3C2)cc1. The number of rotatable bonds is 5. The van der Waals surface area contributed by atoms with E-state index in [0.29, 0.717) is 18.4 Å². The lowest BCUT2D eigenvalue weighted by Crippen LogP contribution is -2.29. The summed E-state index contributed by atoms with van der Waals surface area (Å²) in [5.41, 5.74) is 0.790. The highest BCUT2D eigenvalue weighted by atomic mass is 19.1. The smallest absolute Gasteiger partial charge is 0.167 e. The van der Waals surface area contributed by atoms with Crippen LogP contribution in [-0.4, -0.2) is 40.9 Å². The van der Waals surface area contributed by atoms with Crippen molar-refractivity contribution >= 4 is 0 Å². The number of likely N-dealkylation sites (tertiary alicyclic amines) is 1. The predicted octanol–water partition coefficient (Wildman–Crippen LogP) is 3.49. The molecule has 6 heteroatoms. The van der Waals surface area contributed by atoms with Crippen LogP contribution in [0.25, 0.3) is 0 Å². The van der Waals surface area contributed by atoms with Crippen molar-refractivity contribution in [1.29, 1.82) is 0 Å². The summed E-state index contributed by atoms with van der Waals surface area (Å²) in [6, 6.07) is 10.0. The first kappa shape index (κ1) is 18.2. The first-order valence-electron chi connectivity index (χ1n) is 9.29. The zero-order chi connectivity index (χ0) is 19.0. The topological polar surface area (TPSA) is 52.9 Å². The summed E-state index contributed by atoms with van der Waals surface area (Å²) in [4.78, 5) is 2.25. The van der Waals surface area contributed by atoms with Crippen molar-refractivity contribution in [1.82, 2.24) is 4.90 Å². The summed E-state index contributed by atoms with van der Waals surface area (Å²) in [6.07, 6.45) is 1.04. The van der Waals surface area contributed by atoms with Crippen LogP contribution in [0.3, 0.4) is 0 Å². The first-order chi connectivity index (χ1) is 13.0. The largest absolute Gasteiger partial charge is 0.508 e. The number of β-amino-alcohol motifs (C(OH)–C–C–N with tert-alkyl or cyclic N) is 1. The van der Waals surface area contributed by atoms with Crippen LogP contribution in [0.1, 0.15) is 24.5 Å². The molecule has 0 bridgehead atoms. The Morgan fingerprint density at radius 2 is 1.70 bits per heavy atom. The van der Waals surface area contributed by atoms with Gasteiger partial charge in [0.25, 0.3) is 0 Å². The lowest BCUT2D eigenvalue weighted by atomic mass is 10.0. The van der Waals surface area contributed by atoms with E-state index in [1.807, 2.05) is 0 Å². The fourth-order valence-electron chi connectivity index (χ4n) is 4.38. The minimum absolute atomic E-state index is 0.0517. The van der Waals surface area contributed by atoms with Crippen molar-refractivity contribution in [3.8, 4) is 11.5 Å². The van der Waals surface area contributed by atoms with Gasteiger partial charge in [0, 0.05) is 25.7 Å². The van der Waals surface area contributed by atoms with Gasteiger partial charge >= 0.3 is 0 Å². The summed E-state index contributed by atoms with van der Waals surface area (Å²) < 4.78 is 32.5. The maximum Gasteiger partial charge on any atom is 0.167 e. The van der Waals surface area contributed by atoms with Gasteiger partial charge in [-0.2, -0.15) is 0 Å². The molecule has 1 saturated carbocycles. The normalized spacial score (nSPS) is 26.1. The monoisotopic (exact) mass is 375 g/mol. The quantitative estimate of drug-likeness (QED) is 0.840. The van der Waals surface area contributed by atoms with Gasteiger partial charge in [-0.05, 0) is 54.5 Å². The molecule has 4 rings (SSSR count). The van der Waals surface area contributed by atoms with Crippen LogP contribution in [0.5, 0.6) is 11.5 Å². The molecule has 1 unspecified atom stereocenters. The highest BCUT2D eigenvalue weighted by Gasteiger charge is 2.42. The van der Waals surface area contributed by atoms with E-state index in [1.54, 1.807) is 24.3 Å². The Bertz CT molecular complexity index is 785.